The van der Waals surface area contributed by atoms with Crippen LogP contribution in [0.2, 0.25) is 0 Å². The maximum Gasteiger partial charge on any atom is 0.0650 e. The van der Waals surface area contributed by atoms with Crippen molar-refractivity contribution in [1.82, 2.24) is 20.0 Å². The van der Waals surface area contributed by atoms with Gasteiger partial charge >= 0.3 is 0 Å². The molecule has 1 atom stereocenters. The molecule has 1 aliphatic heterocycles. The molecule has 0 bridgehead atoms. The highest BCUT2D eigenvalue weighted by molar-refractivity contribution is 5.21. The van der Waals surface area contributed by atoms with E-state index in [1.165, 1.54) is 16.8 Å². The Balaban J connectivity index is 1.60. The summed E-state index contributed by atoms with van der Waals surface area (Å²) in [5, 5.41) is 17.1. The van der Waals surface area contributed by atoms with Crippen LogP contribution < -0.4 is 0 Å². The second-order valence-electron chi connectivity index (χ2n) is 7.83. The number of hydrogen-bond donors (Lipinski definition) is 2. The lowest BCUT2D eigenvalue weighted by Gasteiger charge is -2.41. The summed E-state index contributed by atoms with van der Waals surface area (Å²) in [5.41, 5.74) is 4.96. The van der Waals surface area contributed by atoms with Crippen molar-refractivity contribution in [2.24, 2.45) is 0 Å². The van der Waals surface area contributed by atoms with Crippen molar-refractivity contribution in [2.75, 3.05) is 26.2 Å². The molecule has 0 radical (unpaired) electrons. The van der Waals surface area contributed by atoms with E-state index in [2.05, 4.69) is 71.1 Å². The van der Waals surface area contributed by atoms with Crippen LogP contribution in [0.5, 0.6) is 0 Å². The van der Waals surface area contributed by atoms with Gasteiger partial charge in [-0.3, -0.25) is 14.9 Å². The maximum absolute atomic E-state index is 9.52. The van der Waals surface area contributed by atoms with Crippen molar-refractivity contribution in [1.29, 1.82) is 0 Å². The van der Waals surface area contributed by atoms with Crippen molar-refractivity contribution in [3.05, 3.63) is 52.8 Å². The third-order valence-electron chi connectivity index (χ3n) is 5.29. The van der Waals surface area contributed by atoms with E-state index in [4.69, 9.17) is 0 Å². The summed E-state index contributed by atoms with van der Waals surface area (Å²) in [6.07, 6.45) is 0.822. The molecular weight excluding hydrogens is 324 g/mol. The largest absolute Gasteiger partial charge is 0.396 e. The van der Waals surface area contributed by atoms with Crippen LogP contribution in [0, 0.1) is 6.92 Å². The van der Waals surface area contributed by atoms with Crippen LogP contribution >= 0.6 is 0 Å². The smallest absolute Gasteiger partial charge is 0.0650 e. The minimum Gasteiger partial charge on any atom is -0.396 e. The molecule has 1 saturated heterocycles. The summed E-state index contributed by atoms with van der Waals surface area (Å²) >= 11 is 0. The summed E-state index contributed by atoms with van der Waals surface area (Å²) in [5.74, 6) is 0.452. The van der Waals surface area contributed by atoms with Crippen LogP contribution in [-0.4, -0.2) is 57.4 Å². The van der Waals surface area contributed by atoms with Gasteiger partial charge < -0.3 is 5.11 Å². The predicted octanol–water partition coefficient (Wildman–Crippen LogP) is 2.91. The van der Waals surface area contributed by atoms with E-state index in [1.54, 1.807) is 0 Å². The molecule has 26 heavy (non-hydrogen) atoms. The van der Waals surface area contributed by atoms with Crippen LogP contribution in [0.1, 0.15) is 48.7 Å². The third kappa shape index (κ3) is 4.93. The molecule has 2 N–H and O–H groups in total. The second kappa shape index (κ2) is 8.80. The SMILES string of the molecule is Cc1ccc(CN2CCN(Cc3cc(C(C)C)n[nH]3)C[C@H]2CCO)cc1. The van der Waals surface area contributed by atoms with Gasteiger partial charge in [-0.15, -0.1) is 0 Å². The van der Waals surface area contributed by atoms with Crippen molar-refractivity contribution >= 4 is 0 Å². The molecule has 5 nitrogen and oxygen atoms in total. The van der Waals surface area contributed by atoms with Gasteiger partial charge in [0.25, 0.3) is 0 Å². The highest BCUT2D eigenvalue weighted by atomic mass is 16.3. The Kier molecular flexibility index (Phi) is 6.46. The molecule has 1 fully saturated rings. The molecule has 0 saturated carbocycles. The number of nitrogens with one attached hydrogen (secondary N) is 1. The van der Waals surface area contributed by atoms with Crippen LogP contribution in [-0.2, 0) is 13.1 Å². The van der Waals surface area contributed by atoms with Crippen molar-refractivity contribution < 1.29 is 5.11 Å². The fourth-order valence-corrected chi connectivity index (χ4v) is 3.66. The number of aliphatic hydroxyl groups excluding tert-OH is 1. The number of nitrogens with zero attached hydrogens (tertiary/aromatic N) is 3. The van der Waals surface area contributed by atoms with Gasteiger partial charge in [0.15, 0.2) is 0 Å². The topological polar surface area (TPSA) is 55.4 Å². The minimum atomic E-state index is 0.241. The van der Waals surface area contributed by atoms with Gasteiger partial charge in [0.1, 0.15) is 0 Å². The molecular formula is C21H32N4O. The summed E-state index contributed by atoms with van der Waals surface area (Å²) in [4.78, 5) is 4.99. The van der Waals surface area contributed by atoms with Gasteiger partial charge in [-0.25, -0.2) is 0 Å². The summed E-state index contributed by atoms with van der Waals surface area (Å²) < 4.78 is 0. The number of aromatic amines is 1. The fraction of sp³-hybridized carbons (Fsp3) is 0.571. The summed E-state index contributed by atoms with van der Waals surface area (Å²) in [6.45, 7) is 11.6. The number of aryl methyl sites for hydroxylation is 1. The summed E-state index contributed by atoms with van der Waals surface area (Å²) in [6, 6.07) is 11.4. The zero-order valence-corrected chi connectivity index (χ0v) is 16.3. The van der Waals surface area contributed by atoms with Gasteiger partial charge in [-0.05, 0) is 30.9 Å². The first-order valence-electron chi connectivity index (χ1n) is 9.72. The quantitative estimate of drug-likeness (QED) is 0.801. The zero-order valence-electron chi connectivity index (χ0n) is 16.3. The first-order valence-corrected chi connectivity index (χ1v) is 9.72. The highest BCUT2D eigenvalue weighted by Gasteiger charge is 2.27. The van der Waals surface area contributed by atoms with Crippen LogP contribution in [0.4, 0.5) is 0 Å². The Hall–Kier alpha value is -1.69. The molecule has 1 aromatic heterocycles. The van der Waals surface area contributed by atoms with Gasteiger partial charge in [-0.1, -0.05) is 43.7 Å². The predicted molar refractivity (Wildman–Crippen MR) is 105 cm³/mol. The van der Waals surface area contributed by atoms with E-state index < -0.39 is 0 Å². The molecule has 0 aliphatic carbocycles. The summed E-state index contributed by atoms with van der Waals surface area (Å²) in [7, 11) is 0. The Labute approximate surface area is 157 Å². The highest BCUT2D eigenvalue weighted by Crippen LogP contribution is 2.19. The Morgan fingerprint density at radius 2 is 1.96 bits per heavy atom. The van der Waals surface area contributed by atoms with Gasteiger partial charge in [0.2, 0.25) is 0 Å². The standard InChI is InChI=1S/C21H32N4O/c1-16(2)21-12-19(22-23-21)14-24-9-10-25(20(15-24)8-11-26)13-18-6-4-17(3)5-7-18/h4-7,12,16,20,26H,8-11,13-15H2,1-3H3,(H,22,23)/t20-/m1/s1. The van der Waals surface area contributed by atoms with E-state index in [1.807, 2.05) is 0 Å². The number of benzene rings is 1. The molecule has 2 heterocycles. The van der Waals surface area contributed by atoms with Crippen LogP contribution in [0.3, 0.4) is 0 Å². The monoisotopic (exact) mass is 356 g/mol. The van der Waals surface area contributed by atoms with E-state index in [9.17, 15) is 5.11 Å². The minimum absolute atomic E-state index is 0.241. The lowest BCUT2D eigenvalue weighted by Crippen LogP contribution is -2.52. The van der Waals surface area contributed by atoms with E-state index >= 15 is 0 Å². The number of aliphatic hydroxyl groups is 1. The average molecular weight is 357 g/mol. The molecule has 5 heteroatoms. The van der Waals surface area contributed by atoms with Crippen molar-refractivity contribution in [2.45, 2.75) is 52.2 Å². The van der Waals surface area contributed by atoms with Gasteiger partial charge in [0.05, 0.1) is 5.69 Å². The van der Waals surface area contributed by atoms with E-state index in [0.717, 1.165) is 44.8 Å². The second-order valence-corrected chi connectivity index (χ2v) is 7.83. The normalized spacial score (nSPS) is 19.3. The molecule has 0 spiro atoms. The molecule has 3 rings (SSSR count). The van der Waals surface area contributed by atoms with Gasteiger partial charge in [-0.2, -0.15) is 5.10 Å². The number of H-pyrrole nitrogens is 1. The number of hydrogen-bond acceptors (Lipinski definition) is 4. The van der Waals surface area contributed by atoms with Crippen molar-refractivity contribution in [3.8, 4) is 0 Å². The van der Waals surface area contributed by atoms with Crippen LogP contribution in [0.25, 0.3) is 0 Å². The van der Waals surface area contributed by atoms with E-state index in [0.29, 0.717) is 12.0 Å². The fourth-order valence-electron chi connectivity index (χ4n) is 3.66. The molecule has 1 aromatic carbocycles. The molecule has 0 amide bonds. The Morgan fingerprint density at radius 1 is 1.19 bits per heavy atom. The Bertz CT molecular complexity index is 680. The average Bonchev–Trinajstić information content (AvgIpc) is 3.08. The lowest BCUT2D eigenvalue weighted by atomic mass is 10.1. The molecule has 1 aliphatic rings. The molecule has 0 unspecified atom stereocenters. The molecule has 142 valence electrons. The maximum atomic E-state index is 9.52. The van der Waals surface area contributed by atoms with Gasteiger partial charge in [0, 0.05) is 51.1 Å². The number of rotatable bonds is 7. The van der Waals surface area contributed by atoms with Crippen LogP contribution in [0.15, 0.2) is 30.3 Å². The number of piperazine rings is 1. The van der Waals surface area contributed by atoms with Crippen molar-refractivity contribution in [3.63, 3.8) is 0 Å². The van der Waals surface area contributed by atoms with E-state index in [-0.39, 0.29) is 6.61 Å². The lowest BCUT2D eigenvalue weighted by molar-refractivity contribution is 0.0494. The Morgan fingerprint density at radius 3 is 2.62 bits per heavy atom. The molecule has 2 aromatic rings. The third-order valence-corrected chi connectivity index (χ3v) is 5.29. The number of aromatic nitrogens is 2. The first kappa shape index (κ1) is 19.1. The zero-order chi connectivity index (χ0) is 18.5. The first-order chi connectivity index (χ1) is 12.5.